The SMILES string of the molecule is O=C(OCc1ccccc1)C(O)C1CCCN1. The van der Waals surface area contributed by atoms with Crippen LogP contribution in [-0.2, 0) is 16.1 Å². The summed E-state index contributed by atoms with van der Waals surface area (Å²) in [6.45, 7) is 1.07. The number of benzene rings is 1. The molecule has 4 nitrogen and oxygen atoms in total. The average molecular weight is 235 g/mol. The van der Waals surface area contributed by atoms with E-state index in [0.717, 1.165) is 24.9 Å². The summed E-state index contributed by atoms with van der Waals surface area (Å²) >= 11 is 0. The van der Waals surface area contributed by atoms with Crippen molar-refractivity contribution in [1.29, 1.82) is 0 Å². The molecular weight excluding hydrogens is 218 g/mol. The van der Waals surface area contributed by atoms with Gasteiger partial charge in [-0.05, 0) is 24.9 Å². The van der Waals surface area contributed by atoms with Crippen molar-refractivity contribution in [3.63, 3.8) is 0 Å². The van der Waals surface area contributed by atoms with Gasteiger partial charge in [0.1, 0.15) is 6.61 Å². The second kappa shape index (κ2) is 5.80. The van der Waals surface area contributed by atoms with Gasteiger partial charge in [0.05, 0.1) is 0 Å². The van der Waals surface area contributed by atoms with Crippen molar-refractivity contribution in [1.82, 2.24) is 5.32 Å². The van der Waals surface area contributed by atoms with Crippen molar-refractivity contribution < 1.29 is 14.6 Å². The number of ether oxygens (including phenoxy) is 1. The average Bonchev–Trinajstić information content (AvgIpc) is 2.90. The molecule has 1 heterocycles. The van der Waals surface area contributed by atoms with Crippen LogP contribution in [0.5, 0.6) is 0 Å². The van der Waals surface area contributed by atoms with Crippen molar-refractivity contribution in [2.75, 3.05) is 6.54 Å². The van der Waals surface area contributed by atoms with Crippen molar-refractivity contribution in [2.45, 2.75) is 31.6 Å². The molecule has 1 aromatic rings. The normalized spacial score (nSPS) is 21.1. The number of esters is 1. The Morgan fingerprint density at radius 1 is 1.47 bits per heavy atom. The van der Waals surface area contributed by atoms with Gasteiger partial charge < -0.3 is 15.2 Å². The molecule has 1 aliphatic rings. The Bertz CT molecular complexity index is 360. The van der Waals surface area contributed by atoms with E-state index in [0.29, 0.717) is 0 Å². The van der Waals surface area contributed by atoms with Crippen molar-refractivity contribution in [2.24, 2.45) is 0 Å². The summed E-state index contributed by atoms with van der Waals surface area (Å²) in [6.07, 6.45) is 0.760. The zero-order chi connectivity index (χ0) is 12.1. The Kier molecular flexibility index (Phi) is 4.12. The lowest BCUT2D eigenvalue weighted by molar-refractivity contribution is -0.156. The molecule has 1 aromatic carbocycles. The molecule has 0 saturated carbocycles. The number of hydrogen-bond donors (Lipinski definition) is 2. The van der Waals surface area contributed by atoms with Crippen LogP contribution in [0.4, 0.5) is 0 Å². The highest BCUT2D eigenvalue weighted by Crippen LogP contribution is 2.11. The standard InChI is InChI=1S/C13H17NO3/c15-12(11-7-4-8-14-11)13(16)17-9-10-5-2-1-3-6-10/h1-3,5-6,11-12,14-15H,4,7-9H2. The first kappa shape index (κ1) is 12.1. The third-order valence-electron chi connectivity index (χ3n) is 2.94. The minimum Gasteiger partial charge on any atom is -0.459 e. The predicted molar refractivity (Wildman–Crippen MR) is 63.3 cm³/mol. The summed E-state index contributed by atoms with van der Waals surface area (Å²) in [5, 5.41) is 12.8. The topological polar surface area (TPSA) is 58.6 Å². The van der Waals surface area contributed by atoms with Gasteiger partial charge in [0.25, 0.3) is 0 Å². The number of hydrogen-bond acceptors (Lipinski definition) is 4. The summed E-state index contributed by atoms with van der Waals surface area (Å²) in [7, 11) is 0. The highest BCUT2D eigenvalue weighted by atomic mass is 16.5. The molecular formula is C13H17NO3. The fourth-order valence-corrected chi connectivity index (χ4v) is 1.96. The summed E-state index contributed by atoms with van der Waals surface area (Å²) in [4.78, 5) is 11.6. The Labute approximate surface area is 101 Å². The van der Waals surface area contributed by atoms with Crippen LogP contribution >= 0.6 is 0 Å². The number of carbonyl (C=O) groups excluding carboxylic acids is 1. The molecule has 2 N–H and O–H groups in total. The van der Waals surface area contributed by atoms with Crippen LogP contribution < -0.4 is 5.32 Å². The van der Waals surface area contributed by atoms with E-state index in [2.05, 4.69) is 5.32 Å². The van der Waals surface area contributed by atoms with Gasteiger partial charge in [-0.3, -0.25) is 0 Å². The summed E-state index contributed by atoms with van der Waals surface area (Å²) in [6, 6.07) is 9.29. The maximum Gasteiger partial charge on any atom is 0.336 e. The largest absolute Gasteiger partial charge is 0.459 e. The minimum absolute atomic E-state index is 0.154. The molecule has 0 bridgehead atoms. The van der Waals surface area contributed by atoms with Crippen LogP contribution in [0.25, 0.3) is 0 Å². The minimum atomic E-state index is -1.05. The van der Waals surface area contributed by atoms with Gasteiger partial charge >= 0.3 is 5.97 Å². The third-order valence-corrected chi connectivity index (χ3v) is 2.94. The van der Waals surface area contributed by atoms with Crippen LogP contribution in [0.2, 0.25) is 0 Å². The molecule has 2 atom stereocenters. The van der Waals surface area contributed by atoms with Crippen molar-refractivity contribution in [3.05, 3.63) is 35.9 Å². The molecule has 2 unspecified atom stereocenters. The van der Waals surface area contributed by atoms with E-state index in [4.69, 9.17) is 4.74 Å². The van der Waals surface area contributed by atoms with E-state index in [1.807, 2.05) is 30.3 Å². The van der Waals surface area contributed by atoms with Gasteiger partial charge in [0, 0.05) is 6.04 Å². The third kappa shape index (κ3) is 3.28. The predicted octanol–water partition coefficient (Wildman–Crippen LogP) is 0.843. The molecule has 2 rings (SSSR count). The number of rotatable bonds is 4. The molecule has 0 aliphatic carbocycles. The molecule has 0 radical (unpaired) electrons. The van der Waals surface area contributed by atoms with Gasteiger partial charge in [-0.1, -0.05) is 30.3 Å². The molecule has 1 fully saturated rings. The smallest absolute Gasteiger partial charge is 0.336 e. The van der Waals surface area contributed by atoms with Crippen LogP contribution in [-0.4, -0.2) is 29.8 Å². The fourth-order valence-electron chi connectivity index (χ4n) is 1.96. The summed E-state index contributed by atoms with van der Waals surface area (Å²) < 4.78 is 5.07. The van der Waals surface area contributed by atoms with E-state index in [9.17, 15) is 9.90 Å². The van der Waals surface area contributed by atoms with Crippen LogP contribution in [0.15, 0.2) is 30.3 Å². The molecule has 0 spiro atoms. The first-order valence-electron chi connectivity index (χ1n) is 5.89. The van der Waals surface area contributed by atoms with Crippen LogP contribution in [0.1, 0.15) is 18.4 Å². The highest BCUT2D eigenvalue weighted by Gasteiger charge is 2.29. The van der Waals surface area contributed by atoms with Crippen LogP contribution in [0.3, 0.4) is 0 Å². The molecule has 92 valence electrons. The van der Waals surface area contributed by atoms with Crippen LogP contribution in [0, 0.1) is 0 Å². The van der Waals surface area contributed by atoms with Gasteiger partial charge in [-0.15, -0.1) is 0 Å². The summed E-state index contributed by atoms with van der Waals surface area (Å²) in [5.41, 5.74) is 0.924. The molecule has 4 heteroatoms. The van der Waals surface area contributed by atoms with E-state index < -0.39 is 12.1 Å². The second-order valence-corrected chi connectivity index (χ2v) is 4.24. The van der Waals surface area contributed by atoms with Gasteiger partial charge in [0.2, 0.25) is 0 Å². The zero-order valence-electron chi connectivity index (χ0n) is 9.63. The molecule has 17 heavy (non-hydrogen) atoms. The number of aliphatic hydroxyl groups excluding tert-OH is 1. The van der Waals surface area contributed by atoms with Gasteiger partial charge in [-0.25, -0.2) is 4.79 Å². The van der Waals surface area contributed by atoms with Gasteiger partial charge in [0.15, 0.2) is 6.10 Å². The Morgan fingerprint density at radius 2 is 2.24 bits per heavy atom. The summed E-state index contributed by atoms with van der Waals surface area (Å²) in [5.74, 6) is -0.548. The molecule has 1 saturated heterocycles. The first-order chi connectivity index (χ1) is 8.27. The highest BCUT2D eigenvalue weighted by molar-refractivity contribution is 5.75. The first-order valence-corrected chi connectivity index (χ1v) is 5.89. The molecule has 1 aliphatic heterocycles. The van der Waals surface area contributed by atoms with E-state index in [1.165, 1.54) is 0 Å². The fraction of sp³-hybridized carbons (Fsp3) is 0.462. The van der Waals surface area contributed by atoms with Gasteiger partial charge in [-0.2, -0.15) is 0 Å². The Morgan fingerprint density at radius 3 is 2.88 bits per heavy atom. The van der Waals surface area contributed by atoms with Crippen molar-refractivity contribution >= 4 is 5.97 Å². The lowest BCUT2D eigenvalue weighted by atomic mass is 10.1. The van der Waals surface area contributed by atoms with E-state index in [1.54, 1.807) is 0 Å². The van der Waals surface area contributed by atoms with E-state index in [-0.39, 0.29) is 12.6 Å². The Balaban J connectivity index is 1.80. The second-order valence-electron chi connectivity index (χ2n) is 4.24. The van der Waals surface area contributed by atoms with Crippen molar-refractivity contribution in [3.8, 4) is 0 Å². The maximum atomic E-state index is 11.6. The van der Waals surface area contributed by atoms with E-state index >= 15 is 0 Å². The zero-order valence-corrected chi connectivity index (χ0v) is 9.63. The number of nitrogens with one attached hydrogen (secondary N) is 1. The monoisotopic (exact) mass is 235 g/mol. The molecule has 0 amide bonds. The Hall–Kier alpha value is -1.39. The lowest BCUT2D eigenvalue weighted by Crippen LogP contribution is -2.41. The lowest BCUT2D eigenvalue weighted by Gasteiger charge is -2.16. The number of carbonyl (C=O) groups is 1. The quantitative estimate of drug-likeness (QED) is 0.759. The molecule has 0 aromatic heterocycles. The maximum absolute atomic E-state index is 11.6. The number of aliphatic hydroxyl groups is 1.